The highest BCUT2D eigenvalue weighted by atomic mass is 16.4. The largest absolute Gasteiger partial charge is 0.480 e. The van der Waals surface area contributed by atoms with Crippen LogP contribution >= 0.6 is 0 Å². The summed E-state index contributed by atoms with van der Waals surface area (Å²) in [5.74, 6) is -0.750. The lowest BCUT2D eigenvalue weighted by Crippen LogP contribution is -2.33. The molecule has 2 N–H and O–H groups in total. The molecular weight excluding hydrogens is 192 g/mol. The molecule has 0 aliphatic carbocycles. The lowest BCUT2D eigenvalue weighted by Gasteiger charge is -2.18. The van der Waals surface area contributed by atoms with Crippen LogP contribution in [0.2, 0.25) is 0 Å². The van der Waals surface area contributed by atoms with E-state index in [9.17, 15) is 4.79 Å². The van der Waals surface area contributed by atoms with Gasteiger partial charge in [-0.25, -0.2) is 0 Å². The number of carbonyl (C=O) groups is 1. The smallest absolute Gasteiger partial charge is 0.320 e. The molecule has 0 fully saturated rings. The van der Waals surface area contributed by atoms with Gasteiger partial charge in [0.2, 0.25) is 0 Å². The highest BCUT2D eigenvalue weighted by Gasteiger charge is 2.13. The third-order valence-electron chi connectivity index (χ3n) is 2.76. The molecule has 0 aromatic heterocycles. The summed E-state index contributed by atoms with van der Waals surface area (Å²) in [6.07, 6.45) is 2.76. The summed E-state index contributed by atoms with van der Waals surface area (Å²) in [6.45, 7) is 7.52. The first-order valence-corrected chi connectivity index (χ1v) is 5.78. The molecule has 4 heteroatoms. The fourth-order valence-corrected chi connectivity index (χ4v) is 1.61. The number of rotatable bonds is 9. The monoisotopic (exact) mass is 216 g/mol. The van der Waals surface area contributed by atoms with Crippen molar-refractivity contribution in [3.63, 3.8) is 0 Å². The number of carboxylic acids is 1. The first-order chi connectivity index (χ1) is 7.15. The van der Waals surface area contributed by atoms with Crippen molar-refractivity contribution in [2.45, 2.75) is 39.2 Å². The summed E-state index contributed by atoms with van der Waals surface area (Å²) in [5.41, 5.74) is 0. The second kappa shape index (κ2) is 8.68. The Morgan fingerprint density at radius 3 is 2.33 bits per heavy atom. The average molecular weight is 216 g/mol. The number of carboxylic acid groups (broad SMARTS) is 1. The van der Waals surface area contributed by atoms with Crippen molar-refractivity contribution in [1.82, 2.24) is 10.2 Å². The first kappa shape index (κ1) is 14.4. The molecule has 0 saturated heterocycles. The van der Waals surface area contributed by atoms with Gasteiger partial charge in [0.1, 0.15) is 6.04 Å². The number of hydrogen-bond donors (Lipinski definition) is 2. The molecule has 0 radical (unpaired) electrons. The van der Waals surface area contributed by atoms with Crippen LogP contribution < -0.4 is 5.32 Å². The van der Waals surface area contributed by atoms with Gasteiger partial charge in [-0.2, -0.15) is 0 Å². The van der Waals surface area contributed by atoms with Crippen molar-refractivity contribution in [3.05, 3.63) is 0 Å². The molecule has 0 aliphatic heterocycles. The van der Waals surface area contributed by atoms with E-state index in [-0.39, 0.29) is 6.04 Å². The fraction of sp³-hybridized carbons (Fsp3) is 0.909. The van der Waals surface area contributed by atoms with Gasteiger partial charge in [-0.3, -0.25) is 4.79 Å². The Kier molecular flexibility index (Phi) is 8.33. The minimum absolute atomic E-state index is 0.387. The molecular formula is C11H24N2O2. The Bertz CT molecular complexity index is 170. The number of hydrogen-bond acceptors (Lipinski definition) is 3. The Morgan fingerprint density at radius 1 is 1.33 bits per heavy atom. The van der Waals surface area contributed by atoms with Crippen molar-refractivity contribution in [1.29, 1.82) is 0 Å². The molecule has 15 heavy (non-hydrogen) atoms. The highest BCUT2D eigenvalue weighted by Crippen LogP contribution is 2.02. The maximum absolute atomic E-state index is 10.7. The minimum Gasteiger partial charge on any atom is -0.480 e. The predicted molar refractivity (Wildman–Crippen MR) is 62.1 cm³/mol. The van der Waals surface area contributed by atoms with E-state index in [1.807, 2.05) is 0 Å². The van der Waals surface area contributed by atoms with E-state index in [1.54, 1.807) is 7.05 Å². The van der Waals surface area contributed by atoms with E-state index >= 15 is 0 Å². The second-order valence-corrected chi connectivity index (χ2v) is 3.70. The minimum atomic E-state index is -0.750. The van der Waals surface area contributed by atoms with E-state index < -0.39 is 5.97 Å². The molecule has 0 aliphatic rings. The maximum atomic E-state index is 10.7. The first-order valence-electron chi connectivity index (χ1n) is 5.78. The van der Waals surface area contributed by atoms with Crippen molar-refractivity contribution < 1.29 is 9.90 Å². The van der Waals surface area contributed by atoms with Gasteiger partial charge in [-0.05, 0) is 39.5 Å². The Morgan fingerprint density at radius 2 is 1.93 bits per heavy atom. The van der Waals surface area contributed by atoms with Gasteiger partial charge in [0, 0.05) is 0 Å². The van der Waals surface area contributed by atoms with Crippen LogP contribution in [0.1, 0.15) is 33.1 Å². The quantitative estimate of drug-likeness (QED) is 0.568. The van der Waals surface area contributed by atoms with Crippen LogP contribution in [0.15, 0.2) is 0 Å². The van der Waals surface area contributed by atoms with E-state index in [4.69, 9.17) is 5.11 Å². The summed E-state index contributed by atoms with van der Waals surface area (Å²) >= 11 is 0. The maximum Gasteiger partial charge on any atom is 0.320 e. The third kappa shape index (κ3) is 6.47. The molecule has 0 spiro atoms. The average Bonchev–Trinajstić information content (AvgIpc) is 2.23. The Labute approximate surface area is 92.7 Å². The highest BCUT2D eigenvalue weighted by molar-refractivity contribution is 5.73. The molecule has 0 heterocycles. The molecule has 0 bridgehead atoms. The number of nitrogens with zero attached hydrogens (tertiary/aromatic N) is 1. The van der Waals surface area contributed by atoms with Crippen molar-refractivity contribution in [2.75, 3.05) is 26.7 Å². The summed E-state index contributed by atoms with van der Waals surface area (Å²) in [4.78, 5) is 13.1. The predicted octanol–water partition coefficient (Wildman–Crippen LogP) is 1.17. The van der Waals surface area contributed by atoms with Crippen molar-refractivity contribution in [2.24, 2.45) is 0 Å². The zero-order valence-corrected chi connectivity index (χ0v) is 10.1. The van der Waals surface area contributed by atoms with E-state index in [0.717, 1.165) is 32.5 Å². The Balaban J connectivity index is 3.56. The molecule has 0 rings (SSSR count). The summed E-state index contributed by atoms with van der Waals surface area (Å²) in [6, 6.07) is -0.387. The summed E-state index contributed by atoms with van der Waals surface area (Å²) < 4.78 is 0. The SMILES string of the molecule is CCN(CC)CCCC[C@H](NC)C(=O)O. The van der Waals surface area contributed by atoms with Gasteiger partial charge in [0.25, 0.3) is 0 Å². The van der Waals surface area contributed by atoms with E-state index in [0.29, 0.717) is 6.42 Å². The molecule has 0 saturated carbocycles. The number of likely N-dealkylation sites (N-methyl/N-ethyl adjacent to an activating group) is 1. The number of aliphatic carboxylic acids is 1. The van der Waals surface area contributed by atoms with Gasteiger partial charge in [0.15, 0.2) is 0 Å². The van der Waals surface area contributed by atoms with Crippen LogP contribution in [-0.2, 0) is 4.79 Å². The van der Waals surface area contributed by atoms with E-state index in [1.165, 1.54) is 0 Å². The zero-order chi connectivity index (χ0) is 11.7. The normalized spacial score (nSPS) is 13.1. The zero-order valence-electron chi connectivity index (χ0n) is 10.1. The lowest BCUT2D eigenvalue weighted by molar-refractivity contribution is -0.139. The number of unbranched alkanes of at least 4 members (excludes halogenated alkanes) is 1. The molecule has 0 aromatic rings. The van der Waals surface area contributed by atoms with Crippen LogP contribution in [0.25, 0.3) is 0 Å². The molecule has 1 atom stereocenters. The standard InChI is InChI=1S/C11H24N2O2/c1-4-13(5-2)9-7-6-8-10(12-3)11(14)15/h10,12H,4-9H2,1-3H3,(H,14,15)/t10-/m0/s1. The Hall–Kier alpha value is -0.610. The third-order valence-corrected chi connectivity index (χ3v) is 2.76. The van der Waals surface area contributed by atoms with Crippen molar-refractivity contribution >= 4 is 5.97 Å². The molecule has 4 nitrogen and oxygen atoms in total. The molecule has 0 unspecified atom stereocenters. The van der Waals surface area contributed by atoms with E-state index in [2.05, 4.69) is 24.1 Å². The van der Waals surface area contributed by atoms with Gasteiger partial charge >= 0.3 is 5.97 Å². The van der Waals surface area contributed by atoms with Crippen molar-refractivity contribution in [3.8, 4) is 0 Å². The molecule has 0 aromatic carbocycles. The van der Waals surface area contributed by atoms with Gasteiger partial charge in [-0.15, -0.1) is 0 Å². The van der Waals surface area contributed by atoms with Crippen LogP contribution in [0, 0.1) is 0 Å². The number of nitrogens with one attached hydrogen (secondary N) is 1. The van der Waals surface area contributed by atoms with Crippen LogP contribution in [0.5, 0.6) is 0 Å². The van der Waals surface area contributed by atoms with Crippen LogP contribution in [0.4, 0.5) is 0 Å². The summed E-state index contributed by atoms with van der Waals surface area (Å²) in [5, 5.41) is 11.6. The topological polar surface area (TPSA) is 52.6 Å². The second-order valence-electron chi connectivity index (χ2n) is 3.70. The summed E-state index contributed by atoms with van der Waals surface area (Å²) in [7, 11) is 1.70. The molecule has 90 valence electrons. The van der Waals surface area contributed by atoms with Crippen LogP contribution in [-0.4, -0.2) is 48.7 Å². The van der Waals surface area contributed by atoms with Gasteiger partial charge in [0.05, 0.1) is 0 Å². The van der Waals surface area contributed by atoms with Gasteiger partial charge < -0.3 is 15.3 Å². The fourth-order valence-electron chi connectivity index (χ4n) is 1.61. The van der Waals surface area contributed by atoms with Crippen LogP contribution in [0.3, 0.4) is 0 Å². The lowest BCUT2D eigenvalue weighted by atomic mass is 10.1. The van der Waals surface area contributed by atoms with Gasteiger partial charge in [-0.1, -0.05) is 20.3 Å². The molecule has 0 amide bonds.